The van der Waals surface area contributed by atoms with Gasteiger partial charge in [0.1, 0.15) is 5.25 Å². The predicted molar refractivity (Wildman–Crippen MR) is 52.4 cm³/mol. The second-order valence-corrected chi connectivity index (χ2v) is 3.40. The Bertz CT molecular complexity index is 170. The monoisotopic (exact) mass is 206 g/mol. The van der Waals surface area contributed by atoms with Gasteiger partial charge in [-0.25, -0.2) is 0 Å². The van der Waals surface area contributed by atoms with Crippen LogP contribution in [0.2, 0.25) is 0 Å². The summed E-state index contributed by atoms with van der Waals surface area (Å²) in [6.45, 7) is 5.77. The maximum atomic E-state index is 10.8. The van der Waals surface area contributed by atoms with Gasteiger partial charge in [0.05, 0.1) is 13.7 Å². The topological polar surface area (TPSA) is 35.5 Å². The number of hydrogen-bond donors (Lipinski definition) is 0. The summed E-state index contributed by atoms with van der Waals surface area (Å²) in [5.74, 6) is -0.484. The van der Waals surface area contributed by atoms with Crippen LogP contribution in [0.15, 0.2) is 0 Å². The molecule has 0 fully saturated rings. The minimum atomic E-state index is -0.484. The summed E-state index contributed by atoms with van der Waals surface area (Å²) >= 11 is 5.77. The van der Waals surface area contributed by atoms with Gasteiger partial charge < -0.3 is 9.47 Å². The molecule has 0 aromatic rings. The van der Waals surface area contributed by atoms with Crippen molar-refractivity contribution in [2.45, 2.75) is 6.92 Å². The first-order chi connectivity index (χ1) is 5.61. The highest BCUT2D eigenvalue weighted by Gasteiger charge is 2.17. The molecule has 0 atom stereocenters. The van der Waals surface area contributed by atoms with Crippen LogP contribution in [-0.2, 0) is 14.3 Å². The van der Waals surface area contributed by atoms with Crippen LogP contribution in [0.4, 0.5) is 0 Å². The Labute approximate surface area is 81.8 Å². The largest absolute Gasteiger partial charge is 0.479 e. The number of thioether (sulfide) groups is 1. The van der Waals surface area contributed by atoms with E-state index in [-0.39, 0.29) is 9.63 Å². The molecular formula is C7H10O3S2. The molecule has 5 heteroatoms. The molecule has 0 unspecified atom stereocenters. The van der Waals surface area contributed by atoms with Crippen molar-refractivity contribution in [3.63, 3.8) is 0 Å². The van der Waals surface area contributed by atoms with E-state index in [1.807, 2.05) is 6.92 Å². The lowest BCUT2D eigenvalue weighted by atomic mass is 10.5. The van der Waals surface area contributed by atoms with E-state index >= 15 is 0 Å². The lowest BCUT2D eigenvalue weighted by Crippen LogP contribution is -2.10. The van der Waals surface area contributed by atoms with Crippen LogP contribution in [0.1, 0.15) is 6.92 Å². The van der Waals surface area contributed by atoms with Crippen molar-refractivity contribution in [2.24, 2.45) is 0 Å². The highest BCUT2D eigenvalue weighted by atomic mass is 32.2. The zero-order valence-corrected chi connectivity index (χ0v) is 8.59. The molecule has 0 saturated carbocycles. The number of ether oxygens (including phenoxy) is 2. The summed E-state index contributed by atoms with van der Waals surface area (Å²) in [6, 6.07) is 0. The Balaban J connectivity index is 3.75. The molecule has 0 spiro atoms. The normalized spacial score (nSPS) is 9.67. The molecule has 0 aromatic carbocycles. The van der Waals surface area contributed by atoms with Gasteiger partial charge in [0, 0.05) is 0 Å². The molecule has 0 rings (SSSR count). The highest BCUT2D eigenvalue weighted by Crippen LogP contribution is 2.21. The van der Waals surface area contributed by atoms with E-state index in [4.69, 9.17) is 17.0 Å². The maximum Gasteiger partial charge on any atom is 0.324 e. The van der Waals surface area contributed by atoms with Gasteiger partial charge in [-0.15, -0.1) is 0 Å². The average molecular weight is 206 g/mol. The van der Waals surface area contributed by atoms with E-state index in [9.17, 15) is 4.79 Å². The fourth-order valence-electron chi connectivity index (χ4n) is 0.403. The molecule has 0 N–H and O–H groups in total. The molecule has 0 aromatic heterocycles. The number of rotatable bonds is 3. The number of carbonyl (C=O) groups is 1. The van der Waals surface area contributed by atoms with E-state index in [1.165, 1.54) is 7.11 Å². The molecule has 68 valence electrons. The SMILES string of the molecule is [CH2][C](SC(=S)OCC)C(=O)OC. The van der Waals surface area contributed by atoms with Crippen molar-refractivity contribution in [2.75, 3.05) is 13.7 Å². The number of thiocarbonyl (C=S) groups is 1. The van der Waals surface area contributed by atoms with Gasteiger partial charge in [0.15, 0.2) is 0 Å². The van der Waals surface area contributed by atoms with E-state index < -0.39 is 5.97 Å². The molecule has 3 nitrogen and oxygen atoms in total. The summed E-state index contributed by atoms with van der Waals surface area (Å²) < 4.78 is 9.63. The first-order valence-electron chi connectivity index (χ1n) is 3.23. The van der Waals surface area contributed by atoms with E-state index in [0.29, 0.717) is 6.61 Å². The van der Waals surface area contributed by atoms with E-state index in [2.05, 4.69) is 11.7 Å². The number of carbonyl (C=O) groups excluding carboxylic acids is 1. The molecule has 0 aliphatic carbocycles. The van der Waals surface area contributed by atoms with Crippen LogP contribution in [0.25, 0.3) is 0 Å². The number of hydrogen-bond acceptors (Lipinski definition) is 5. The lowest BCUT2D eigenvalue weighted by Gasteiger charge is -2.07. The summed E-state index contributed by atoms with van der Waals surface area (Å²) in [6.07, 6.45) is 0. The van der Waals surface area contributed by atoms with Crippen LogP contribution in [-0.4, -0.2) is 24.1 Å². The number of methoxy groups -OCH3 is 1. The molecular weight excluding hydrogens is 196 g/mol. The minimum Gasteiger partial charge on any atom is -0.479 e. The average Bonchev–Trinajstić information content (AvgIpc) is 2.03. The Morgan fingerprint density at radius 1 is 1.67 bits per heavy atom. The molecule has 0 amide bonds. The minimum absolute atomic E-state index is 0.232. The third-order valence-electron chi connectivity index (χ3n) is 0.882. The molecule has 0 saturated heterocycles. The van der Waals surface area contributed by atoms with Crippen molar-refractivity contribution in [3.05, 3.63) is 12.2 Å². The third-order valence-corrected chi connectivity index (χ3v) is 1.95. The van der Waals surface area contributed by atoms with Gasteiger partial charge in [0.25, 0.3) is 0 Å². The summed E-state index contributed by atoms with van der Waals surface area (Å²) in [7, 11) is 1.29. The van der Waals surface area contributed by atoms with E-state index in [0.717, 1.165) is 11.8 Å². The van der Waals surface area contributed by atoms with Crippen LogP contribution < -0.4 is 0 Å². The highest BCUT2D eigenvalue weighted by molar-refractivity contribution is 8.25. The second kappa shape index (κ2) is 6.25. The van der Waals surface area contributed by atoms with Gasteiger partial charge in [-0.05, 0) is 26.1 Å². The molecule has 12 heavy (non-hydrogen) atoms. The fourth-order valence-corrected chi connectivity index (χ4v) is 1.37. The summed E-state index contributed by atoms with van der Waals surface area (Å²) in [4.78, 5) is 10.8. The molecule has 0 bridgehead atoms. The zero-order valence-electron chi connectivity index (χ0n) is 6.96. The van der Waals surface area contributed by atoms with E-state index in [1.54, 1.807) is 0 Å². The maximum absolute atomic E-state index is 10.8. The predicted octanol–water partition coefficient (Wildman–Crippen LogP) is 1.58. The molecule has 0 aliphatic rings. The Morgan fingerprint density at radius 3 is 2.67 bits per heavy atom. The van der Waals surface area contributed by atoms with Crippen LogP contribution in [0, 0.1) is 12.2 Å². The quantitative estimate of drug-likeness (QED) is 0.517. The van der Waals surface area contributed by atoms with Gasteiger partial charge in [0.2, 0.25) is 4.38 Å². The molecule has 0 aliphatic heterocycles. The van der Waals surface area contributed by atoms with Crippen molar-refractivity contribution >= 4 is 34.3 Å². The Hall–Kier alpha value is -0.290. The first kappa shape index (κ1) is 11.7. The van der Waals surface area contributed by atoms with Crippen LogP contribution in [0.3, 0.4) is 0 Å². The number of esters is 1. The standard InChI is InChI=1S/C7H10O3S2/c1-4-10-7(11)12-5(2)6(8)9-3/h2,4H2,1,3H3. The first-order valence-corrected chi connectivity index (χ1v) is 4.46. The van der Waals surface area contributed by atoms with Crippen molar-refractivity contribution in [1.82, 2.24) is 0 Å². The Morgan fingerprint density at radius 2 is 2.25 bits per heavy atom. The van der Waals surface area contributed by atoms with Gasteiger partial charge in [-0.2, -0.15) is 0 Å². The molecule has 2 radical (unpaired) electrons. The Kier molecular flexibility index (Phi) is 6.10. The summed E-state index contributed by atoms with van der Waals surface area (Å²) in [5, 5.41) is 0.232. The lowest BCUT2D eigenvalue weighted by molar-refractivity contribution is -0.136. The van der Waals surface area contributed by atoms with Crippen molar-refractivity contribution in [3.8, 4) is 0 Å². The van der Waals surface area contributed by atoms with Crippen molar-refractivity contribution in [1.29, 1.82) is 0 Å². The second-order valence-electron chi connectivity index (χ2n) is 1.70. The van der Waals surface area contributed by atoms with Crippen LogP contribution in [0.5, 0.6) is 0 Å². The molecule has 0 heterocycles. The van der Waals surface area contributed by atoms with Gasteiger partial charge in [-0.3, -0.25) is 4.79 Å². The zero-order chi connectivity index (χ0) is 9.56. The van der Waals surface area contributed by atoms with Crippen molar-refractivity contribution < 1.29 is 14.3 Å². The smallest absolute Gasteiger partial charge is 0.324 e. The fraction of sp³-hybridized carbons (Fsp3) is 0.429. The third kappa shape index (κ3) is 4.56. The summed E-state index contributed by atoms with van der Waals surface area (Å²) in [5.41, 5.74) is 0. The van der Waals surface area contributed by atoms with Crippen LogP contribution >= 0.6 is 24.0 Å². The van der Waals surface area contributed by atoms with Gasteiger partial charge >= 0.3 is 5.97 Å². The van der Waals surface area contributed by atoms with Gasteiger partial charge in [-0.1, -0.05) is 11.8 Å².